The van der Waals surface area contributed by atoms with Crippen molar-refractivity contribution >= 4 is 0 Å². The molecule has 0 unspecified atom stereocenters. The first kappa shape index (κ1) is 16.0. The molecule has 0 amide bonds. The van der Waals surface area contributed by atoms with Gasteiger partial charge in [0.25, 0.3) is 0 Å². The largest absolute Gasteiger partial charge is 0.390 e. The van der Waals surface area contributed by atoms with E-state index in [1.807, 2.05) is 6.92 Å². The Labute approximate surface area is 110 Å². The summed E-state index contributed by atoms with van der Waals surface area (Å²) in [5, 5.41) is 7.33. The van der Waals surface area contributed by atoms with Gasteiger partial charge in [-0.3, -0.25) is 4.68 Å². The number of aryl methyl sites for hydroxylation is 2. The Kier molecular flexibility index (Phi) is 5.81. The lowest BCUT2D eigenvalue weighted by Gasteiger charge is -2.08. The highest BCUT2D eigenvalue weighted by molar-refractivity contribution is 5.24. The summed E-state index contributed by atoms with van der Waals surface area (Å²) in [5.41, 5.74) is 2.51. The van der Waals surface area contributed by atoms with Crippen molar-refractivity contribution < 1.29 is 17.9 Å². The number of hydrogen-bond donors (Lipinski definition) is 1. The van der Waals surface area contributed by atoms with E-state index in [4.69, 9.17) is 4.74 Å². The van der Waals surface area contributed by atoms with Crippen LogP contribution in [0, 0.1) is 13.8 Å². The Balaban J connectivity index is 2.61. The van der Waals surface area contributed by atoms with E-state index >= 15 is 0 Å². The maximum Gasteiger partial charge on any atom is 0.390 e. The smallest absolute Gasteiger partial charge is 0.383 e. The molecular formula is C12H20F3N3O. The maximum absolute atomic E-state index is 12.2. The number of alkyl halides is 3. The molecule has 0 aliphatic carbocycles. The van der Waals surface area contributed by atoms with Crippen LogP contribution in [0.1, 0.15) is 23.4 Å². The van der Waals surface area contributed by atoms with Crippen LogP contribution < -0.4 is 5.32 Å². The van der Waals surface area contributed by atoms with E-state index in [1.54, 1.807) is 14.0 Å². The summed E-state index contributed by atoms with van der Waals surface area (Å²) in [6, 6.07) is 0. The second-order valence-electron chi connectivity index (χ2n) is 4.41. The number of nitrogens with one attached hydrogen (secondary N) is 1. The van der Waals surface area contributed by atoms with Crippen molar-refractivity contribution in [2.24, 2.45) is 0 Å². The van der Waals surface area contributed by atoms with Crippen molar-refractivity contribution in [3.05, 3.63) is 17.0 Å². The number of hydrogen-bond acceptors (Lipinski definition) is 3. The predicted octanol–water partition coefficient (Wildman–Crippen LogP) is 2.19. The molecule has 0 radical (unpaired) electrons. The Bertz CT molecular complexity index is 402. The van der Waals surface area contributed by atoms with E-state index in [-0.39, 0.29) is 6.54 Å². The topological polar surface area (TPSA) is 39.1 Å². The summed E-state index contributed by atoms with van der Waals surface area (Å²) in [4.78, 5) is 0. The fraction of sp³-hybridized carbons (Fsp3) is 0.750. The summed E-state index contributed by atoms with van der Waals surface area (Å²) < 4.78 is 42.9. The Morgan fingerprint density at radius 3 is 2.58 bits per heavy atom. The maximum atomic E-state index is 12.2. The third-order valence-electron chi connectivity index (χ3n) is 2.92. The molecule has 0 saturated heterocycles. The number of ether oxygens (including phenoxy) is 1. The van der Waals surface area contributed by atoms with Gasteiger partial charge in [0.15, 0.2) is 0 Å². The molecule has 0 atom stereocenters. The number of nitrogens with zero attached hydrogens (tertiary/aromatic N) is 2. The molecule has 110 valence electrons. The number of halogens is 3. The van der Waals surface area contributed by atoms with Gasteiger partial charge in [-0.1, -0.05) is 0 Å². The summed E-state index contributed by atoms with van der Waals surface area (Å²) in [5.74, 6) is 0. The fourth-order valence-electron chi connectivity index (χ4n) is 1.83. The molecule has 1 aromatic heterocycles. The Hall–Kier alpha value is -1.08. The molecule has 1 heterocycles. The van der Waals surface area contributed by atoms with Gasteiger partial charge < -0.3 is 10.1 Å². The van der Waals surface area contributed by atoms with Crippen LogP contribution >= 0.6 is 0 Å². The van der Waals surface area contributed by atoms with Crippen molar-refractivity contribution in [3.63, 3.8) is 0 Å². The van der Waals surface area contributed by atoms with Crippen LogP contribution in [0.4, 0.5) is 13.2 Å². The third-order valence-corrected chi connectivity index (χ3v) is 2.92. The van der Waals surface area contributed by atoms with Gasteiger partial charge in [-0.05, 0) is 13.8 Å². The lowest BCUT2D eigenvalue weighted by atomic mass is 10.2. The van der Waals surface area contributed by atoms with E-state index in [0.717, 1.165) is 17.0 Å². The monoisotopic (exact) mass is 279 g/mol. The molecule has 0 saturated carbocycles. The SMILES string of the molecule is COCCNCc1c(C)nn(CCC(F)(F)F)c1C. The molecule has 0 aliphatic rings. The molecule has 4 nitrogen and oxygen atoms in total. The second-order valence-corrected chi connectivity index (χ2v) is 4.41. The molecule has 0 fully saturated rings. The average molecular weight is 279 g/mol. The zero-order chi connectivity index (χ0) is 14.5. The van der Waals surface area contributed by atoms with Gasteiger partial charge in [-0.25, -0.2) is 0 Å². The van der Waals surface area contributed by atoms with E-state index in [2.05, 4.69) is 10.4 Å². The van der Waals surface area contributed by atoms with E-state index in [1.165, 1.54) is 4.68 Å². The molecule has 7 heteroatoms. The normalized spacial score (nSPS) is 12.1. The predicted molar refractivity (Wildman–Crippen MR) is 66.0 cm³/mol. The minimum absolute atomic E-state index is 0.131. The zero-order valence-corrected chi connectivity index (χ0v) is 11.5. The van der Waals surface area contributed by atoms with Crippen molar-refractivity contribution in [3.8, 4) is 0 Å². The van der Waals surface area contributed by atoms with Gasteiger partial charge in [-0.15, -0.1) is 0 Å². The van der Waals surface area contributed by atoms with Crippen LogP contribution in [0.5, 0.6) is 0 Å². The number of aromatic nitrogens is 2. The van der Waals surface area contributed by atoms with Gasteiger partial charge in [0, 0.05) is 38.0 Å². The van der Waals surface area contributed by atoms with Gasteiger partial charge in [-0.2, -0.15) is 18.3 Å². The summed E-state index contributed by atoms with van der Waals surface area (Å²) in [6.45, 7) is 5.36. The first-order valence-electron chi connectivity index (χ1n) is 6.14. The minimum atomic E-state index is -4.15. The molecule has 0 spiro atoms. The molecule has 0 bridgehead atoms. The standard InChI is InChI=1S/C12H20F3N3O/c1-9-11(8-16-5-7-19-3)10(2)18(17-9)6-4-12(13,14)15/h16H,4-8H2,1-3H3. The second kappa shape index (κ2) is 6.91. The molecule has 1 aromatic rings. The molecule has 1 rings (SSSR count). The minimum Gasteiger partial charge on any atom is -0.383 e. The van der Waals surface area contributed by atoms with Crippen LogP contribution in [0.25, 0.3) is 0 Å². The van der Waals surface area contributed by atoms with Gasteiger partial charge in [0.05, 0.1) is 18.7 Å². The quantitative estimate of drug-likeness (QED) is 0.778. The first-order valence-corrected chi connectivity index (χ1v) is 6.14. The molecular weight excluding hydrogens is 259 g/mol. The molecule has 0 aromatic carbocycles. The number of methoxy groups -OCH3 is 1. The number of rotatable bonds is 7. The highest BCUT2D eigenvalue weighted by Crippen LogP contribution is 2.21. The van der Waals surface area contributed by atoms with Crippen LogP contribution in [0.15, 0.2) is 0 Å². The Morgan fingerprint density at radius 2 is 2.00 bits per heavy atom. The van der Waals surface area contributed by atoms with Gasteiger partial charge in [0.1, 0.15) is 0 Å². The van der Waals surface area contributed by atoms with Crippen molar-refractivity contribution in [1.82, 2.24) is 15.1 Å². The van der Waals surface area contributed by atoms with E-state index < -0.39 is 12.6 Å². The van der Waals surface area contributed by atoms with Crippen molar-refractivity contribution in [2.45, 2.75) is 39.5 Å². The third kappa shape index (κ3) is 5.20. The lowest BCUT2D eigenvalue weighted by Crippen LogP contribution is -2.19. The summed E-state index contributed by atoms with van der Waals surface area (Å²) in [6.07, 6.45) is -5.01. The van der Waals surface area contributed by atoms with Gasteiger partial charge >= 0.3 is 6.18 Å². The molecule has 19 heavy (non-hydrogen) atoms. The highest BCUT2D eigenvalue weighted by atomic mass is 19.4. The lowest BCUT2D eigenvalue weighted by molar-refractivity contribution is -0.137. The van der Waals surface area contributed by atoms with Crippen LogP contribution in [-0.2, 0) is 17.8 Å². The summed E-state index contributed by atoms with van der Waals surface area (Å²) >= 11 is 0. The first-order chi connectivity index (χ1) is 8.85. The van der Waals surface area contributed by atoms with Gasteiger partial charge in [0.2, 0.25) is 0 Å². The average Bonchev–Trinajstić information content (AvgIpc) is 2.58. The summed E-state index contributed by atoms with van der Waals surface area (Å²) in [7, 11) is 1.62. The highest BCUT2D eigenvalue weighted by Gasteiger charge is 2.27. The molecule has 0 aliphatic heterocycles. The van der Waals surface area contributed by atoms with Crippen LogP contribution in [-0.4, -0.2) is 36.2 Å². The van der Waals surface area contributed by atoms with E-state index in [9.17, 15) is 13.2 Å². The fourth-order valence-corrected chi connectivity index (χ4v) is 1.83. The Morgan fingerprint density at radius 1 is 1.32 bits per heavy atom. The van der Waals surface area contributed by atoms with Crippen molar-refractivity contribution in [2.75, 3.05) is 20.3 Å². The molecule has 1 N–H and O–H groups in total. The van der Waals surface area contributed by atoms with Crippen LogP contribution in [0.2, 0.25) is 0 Å². The van der Waals surface area contributed by atoms with E-state index in [0.29, 0.717) is 19.7 Å². The zero-order valence-electron chi connectivity index (χ0n) is 11.5. The van der Waals surface area contributed by atoms with Crippen LogP contribution in [0.3, 0.4) is 0 Å². The van der Waals surface area contributed by atoms with Crippen molar-refractivity contribution in [1.29, 1.82) is 0 Å².